The van der Waals surface area contributed by atoms with Crippen molar-refractivity contribution in [3.05, 3.63) is 76.2 Å². The summed E-state index contributed by atoms with van der Waals surface area (Å²) in [7, 11) is 3.94. The molecule has 0 spiro atoms. The second-order valence-corrected chi connectivity index (χ2v) is 12.2. The first-order valence-electron chi connectivity index (χ1n) is 14.3. The lowest BCUT2D eigenvalue weighted by Gasteiger charge is -2.20. The summed E-state index contributed by atoms with van der Waals surface area (Å²) in [6, 6.07) is 18.2. The summed E-state index contributed by atoms with van der Waals surface area (Å²) in [6.45, 7) is 8.60. The van der Waals surface area contributed by atoms with Crippen LogP contribution in [0.4, 0.5) is 11.4 Å². The molecular formula is C33H42N4O2S. The average molecular weight is 559 g/mol. The molecule has 2 heterocycles. The average Bonchev–Trinajstić information content (AvgIpc) is 3.56. The molecule has 0 bridgehead atoms. The number of ketones is 1. The van der Waals surface area contributed by atoms with Gasteiger partial charge in [-0.25, -0.2) is 4.98 Å². The van der Waals surface area contributed by atoms with Crippen LogP contribution in [0.5, 0.6) is 0 Å². The number of aromatic nitrogens is 2. The van der Waals surface area contributed by atoms with Crippen LogP contribution in [0.3, 0.4) is 0 Å². The molecule has 1 amide bonds. The van der Waals surface area contributed by atoms with Gasteiger partial charge in [0.1, 0.15) is 5.82 Å². The van der Waals surface area contributed by atoms with Crippen LogP contribution >= 0.6 is 11.3 Å². The van der Waals surface area contributed by atoms with Gasteiger partial charge in [0.05, 0.1) is 11.0 Å². The molecule has 40 heavy (non-hydrogen) atoms. The van der Waals surface area contributed by atoms with Crippen molar-refractivity contribution < 1.29 is 9.59 Å². The highest BCUT2D eigenvalue weighted by Crippen LogP contribution is 2.29. The number of thiophene rings is 1. The van der Waals surface area contributed by atoms with Gasteiger partial charge in [-0.1, -0.05) is 39.8 Å². The number of Topliss-reactive ketones (excluding diaryl/α,β-unsaturated/α-hetero) is 1. The van der Waals surface area contributed by atoms with Gasteiger partial charge in [-0.3, -0.25) is 9.59 Å². The number of benzene rings is 2. The highest BCUT2D eigenvalue weighted by Gasteiger charge is 2.25. The Kier molecular flexibility index (Phi) is 9.80. The third kappa shape index (κ3) is 7.00. The molecule has 4 rings (SSSR count). The van der Waals surface area contributed by atoms with Crippen molar-refractivity contribution in [3.8, 4) is 0 Å². The van der Waals surface area contributed by atoms with Crippen LogP contribution in [0.15, 0.2) is 60.0 Å². The van der Waals surface area contributed by atoms with Gasteiger partial charge in [-0.2, -0.15) is 0 Å². The fourth-order valence-electron chi connectivity index (χ4n) is 5.38. The Labute approximate surface area is 242 Å². The molecule has 0 aliphatic carbocycles. The van der Waals surface area contributed by atoms with E-state index in [0.717, 1.165) is 47.5 Å². The van der Waals surface area contributed by atoms with E-state index in [9.17, 15) is 9.59 Å². The summed E-state index contributed by atoms with van der Waals surface area (Å²) >= 11 is 1.74. The topological polar surface area (TPSA) is 67.2 Å². The Balaban J connectivity index is 1.58. The van der Waals surface area contributed by atoms with Crippen molar-refractivity contribution in [2.45, 2.75) is 65.8 Å². The number of nitrogens with zero attached hydrogens (tertiary/aromatic N) is 3. The Morgan fingerprint density at radius 1 is 1.02 bits per heavy atom. The van der Waals surface area contributed by atoms with E-state index in [2.05, 4.69) is 55.1 Å². The Hall–Kier alpha value is -3.45. The minimum atomic E-state index is -0.414. The highest BCUT2D eigenvalue weighted by molar-refractivity contribution is 7.09. The zero-order valence-electron chi connectivity index (χ0n) is 24.6. The van der Waals surface area contributed by atoms with Gasteiger partial charge in [-0.15, -0.1) is 11.3 Å². The molecule has 6 nitrogen and oxygen atoms in total. The molecule has 4 aromatic rings. The number of imidazole rings is 1. The first-order valence-corrected chi connectivity index (χ1v) is 15.2. The van der Waals surface area contributed by atoms with E-state index in [1.165, 1.54) is 4.88 Å². The van der Waals surface area contributed by atoms with Crippen molar-refractivity contribution >= 4 is 45.4 Å². The SMILES string of the molecule is CCC(CC)n1c(Cc2cccs2)nc2cc(C(=O)C[C@@H](CC(C)C)C(=O)Nc3cccc(N(C)C)c3)ccc21. The fraction of sp³-hybridized carbons (Fsp3) is 0.424. The van der Waals surface area contributed by atoms with Crippen LogP contribution in [0.1, 0.15) is 80.5 Å². The molecule has 0 aliphatic heterocycles. The minimum absolute atomic E-state index is 0.0263. The van der Waals surface area contributed by atoms with Crippen LogP contribution < -0.4 is 10.2 Å². The molecule has 0 unspecified atom stereocenters. The fourth-order valence-corrected chi connectivity index (χ4v) is 6.08. The molecule has 212 valence electrons. The molecule has 7 heteroatoms. The first kappa shape index (κ1) is 29.5. The quantitative estimate of drug-likeness (QED) is 0.169. The third-order valence-electron chi connectivity index (χ3n) is 7.49. The van der Waals surface area contributed by atoms with Gasteiger partial charge in [0.2, 0.25) is 5.91 Å². The largest absolute Gasteiger partial charge is 0.378 e. The Bertz CT molecular complexity index is 1430. The van der Waals surface area contributed by atoms with Crippen molar-refractivity contribution in [2.75, 3.05) is 24.3 Å². The molecule has 2 aromatic heterocycles. The predicted molar refractivity (Wildman–Crippen MR) is 168 cm³/mol. The van der Waals surface area contributed by atoms with Gasteiger partial charge >= 0.3 is 0 Å². The molecule has 0 fully saturated rings. The standard InChI is InChI=1S/C33H42N4O2S/c1-7-26(8-2)37-30-15-14-23(18-29(30)35-32(37)21-28-13-10-16-40-28)31(38)19-24(17-22(3)4)33(39)34-25-11-9-12-27(20-25)36(5)6/h9-16,18,20,22,24,26H,7-8,17,19,21H2,1-6H3,(H,34,39)/t24-/m1/s1. The summed E-state index contributed by atoms with van der Waals surface area (Å²) < 4.78 is 2.36. The number of fused-ring (bicyclic) bond motifs is 1. The summed E-state index contributed by atoms with van der Waals surface area (Å²) in [4.78, 5) is 35.2. The number of hydrogen-bond acceptors (Lipinski definition) is 5. The zero-order chi connectivity index (χ0) is 28.8. The van der Waals surface area contributed by atoms with E-state index < -0.39 is 5.92 Å². The third-order valence-corrected chi connectivity index (χ3v) is 8.37. The maximum absolute atomic E-state index is 13.6. The maximum Gasteiger partial charge on any atom is 0.227 e. The predicted octanol–water partition coefficient (Wildman–Crippen LogP) is 7.99. The lowest BCUT2D eigenvalue weighted by molar-refractivity contribution is -0.120. The number of carbonyl (C=O) groups excluding carboxylic acids is 2. The number of nitrogens with one attached hydrogen (secondary N) is 1. The number of amides is 1. The van der Waals surface area contributed by atoms with Crippen molar-refractivity contribution in [2.24, 2.45) is 11.8 Å². The van der Waals surface area contributed by atoms with Gasteiger partial charge in [0, 0.05) is 60.7 Å². The van der Waals surface area contributed by atoms with E-state index in [1.54, 1.807) is 11.3 Å². The van der Waals surface area contributed by atoms with Gasteiger partial charge in [-0.05, 0) is 73.0 Å². The Morgan fingerprint density at radius 2 is 1.80 bits per heavy atom. The number of rotatable bonds is 13. The minimum Gasteiger partial charge on any atom is -0.378 e. The molecule has 0 aliphatic rings. The second-order valence-electron chi connectivity index (χ2n) is 11.2. The van der Waals surface area contributed by atoms with E-state index in [4.69, 9.17) is 4.98 Å². The molecule has 0 saturated carbocycles. The van der Waals surface area contributed by atoms with Gasteiger partial charge < -0.3 is 14.8 Å². The van der Waals surface area contributed by atoms with Crippen molar-refractivity contribution in [3.63, 3.8) is 0 Å². The van der Waals surface area contributed by atoms with E-state index in [1.807, 2.05) is 61.5 Å². The molecule has 1 N–H and O–H groups in total. The lowest BCUT2D eigenvalue weighted by Crippen LogP contribution is -2.26. The molecule has 1 atom stereocenters. The lowest BCUT2D eigenvalue weighted by atomic mass is 9.89. The Morgan fingerprint density at radius 3 is 2.45 bits per heavy atom. The van der Waals surface area contributed by atoms with Crippen LogP contribution in [0.25, 0.3) is 11.0 Å². The van der Waals surface area contributed by atoms with Crippen LogP contribution in [0, 0.1) is 11.8 Å². The molecule has 2 aromatic carbocycles. The summed E-state index contributed by atoms with van der Waals surface area (Å²) in [5, 5.41) is 5.15. The van der Waals surface area contributed by atoms with Crippen molar-refractivity contribution in [1.82, 2.24) is 9.55 Å². The summed E-state index contributed by atoms with van der Waals surface area (Å²) in [6.07, 6.45) is 3.62. The number of hydrogen-bond donors (Lipinski definition) is 1. The first-order chi connectivity index (χ1) is 19.2. The molecule has 0 radical (unpaired) electrons. The van der Waals surface area contributed by atoms with Crippen LogP contribution in [-0.2, 0) is 11.2 Å². The number of anilines is 2. The van der Waals surface area contributed by atoms with Gasteiger partial charge in [0.25, 0.3) is 0 Å². The summed E-state index contributed by atoms with van der Waals surface area (Å²) in [5.74, 6) is 0.766. The monoisotopic (exact) mass is 558 g/mol. The zero-order valence-corrected chi connectivity index (χ0v) is 25.4. The van der Waals surface area contributed by atoms with E-state index in [-0.39, 0.29) is 24.0 Å². The number of carbonyl (C=O) groups is 2. The smallest absolute Gasteiger partial charge is 0.227 e. The summed E-state index contributed by atoms with van der Waals surface area (Å²) in [5.41, 5.74) is 4.27. The van der Waals surface area contributed by atoms with Gasteiger partial charge in [0.15, 0.2) is 5.78 Å². The molecular weight excluding hydrogens is 516 g/mol. The molecule has 0 saturated heterocycles. The van der Waals surface area contributed by atoms with Crippen LogP contribution in [-0.4, -0.2) is 35.3 Å². The van der Waals surface area contributed by atoms with Crippen LogP contribution in [0.2, 0.25) is 0 Å². The van der Waals surface area contributed by atoms with Crippen molar-refractivity contribution in [1.29, 1.82) is 0 Å². The van der Waals surface area contributed by atoms with E-state index >= 15 is 0 Å². The normalized spacial score (nSPS) is 12.3. The second kappa shape index (κ2) is 13.3. The van der Waals surface area contributed by atoms with E-state index in [0.29, 0.717) is 18.0 Å². The maximum atomic E-state index is 13.6. The highest BCUT2D eigenvalue weighted by atomic mass is 32.1.